The maximum Gasteiger partial charge on any atom is 0.158 e. The quantitative estimate of drug-likeness (QED) is 0.924. The molecule has 0 bridgehead atoms. The van der Waals surface area contributed by atoms with Gasteiger partial charge in [-0.1, -0.05) is 12.8 Å². The van der Waals surface area contributed by atoms with Crippen molar-refractivity contribution in [3.63, 3.8) is 0 Å². The minimum Gasteiger partial charge on any atom is -0.377 e. The van der Waals surface area contributed by atoms with Crippen LogP contribution < -0.4 is 10.2 Å². The summed E-state index contributed by atoms with van der Waals surface area (Å²) in [5.74, 6) is 3.56. The third kappa shape index (κ3) is 3.12. The van der Waals surface area contributed by atoms with Gasteiger partial charge in [-0.25, -0.2) is 9.97 Å². The van der Waals surface area contributed by atoms with Gasteiger partial charge in [0.25, 0.3) is 0 Å². The molecule has 2 aliphatic rings. The molecule has 0 spiro atoms. The van der Waals surface area contributed by atoms with Gasteiger partial charge in [-0.2, -0.15) is 0 Å². The lowest BCUT2D eigenvalue weighted by molar-refractivity contribution is 0.177. The Labute approximate surface area is 127 Å². The minimum absolute atomic E-state index is 0.463. The van der Waals surface area contributed by atoms with Gasteiger partial charge < -0.3 is 15.0 Å². The molecule has 5 nitrogen and oxygen atoms in total. The molecule has 2 heterocycles. The summed E-state index contributed by atoms with van der Waals surface area (Å²) in [6.07, 6.45) is 8.11. The molecule has 116 valence electrons. The molecule has 1 aliphatic heterocycles. The first-order valence-electron chi connectivity index (χ1n) is 8.13. The molecule has 1 N–H and O–H groups in total. The van der Waals surface area contributed by atoms with Gasteiger partial charge in [0.05, 0.1) is 0 Å². The fourth-order valence-corrected chi connectivity index (χ4v) is 3.86. The molecule has 5 heteroatoms. The van der Waals surface area contributed by atoms with Crippen molar-refractivity contribution in [1.82, 2.24) is 9.97 Å². The van der Waals surface area contributed by atoms with Crippen LogP contribution in [0.3, 0.4) is 0 Å². The summed E-state index contributed by atoms with van der Waals surface area (Å²) < 4.78 is 5.21. The van der Waals surface area contributed by atoms with E-state index in [0.717, 1.165) is 29.9 Å². The number of rotatable bonds is 4. The van der Waals surface area contributed by atoms with Crippen LogP contribution in [0.25, 0.3) is 0 Å². The van der Waals surface area contributed by atoms with Crippen LogP contribution in [0.15, 0.2) is 6.07 Å². The molecule has 2 atom stereocenters. The highest BCUT2D eigenvalue weighted by Crippen LogP contribution is 2.37. The fourth-order valence-electron chi connectivity index (χ4n) is 3.86. The number of piperidine rings is 1. The van der Waals surface area contributed by atoms with E-state index in [1.54, 1.807) is 7.11 Å². The van der Waals surface area contributed by atoms with Gasteiger partial charge in [0.1, 0.15) is 18.2 Å². The predicted octanol–water partition coefficient (Wildman–Crippen LogP) is 2.82. The van der Waals surface area contributed by atoms with E-state index in [1.165, 1.54) is 38.5 Å². The topological polar surface area (TPSA) is 50.3 Å². The van der Waals surface area contributed by atoms with Gasteiger partial charge in [0.15, 0.2) is 5.82 Å². The van der Waals surface area contributed by atoms with Gasteiger partial charge in [-0.3, -0.25) is 0 Å². The summed E-state index contributed by atoms with van der Waals surface area (Å²) in [4.78, 5) is 11.7. The molecule has 3 rings (SSSR count). The second kappa shape index (κ2) is 6.60. The van der Waals surface area contributed by atoms with Gasteiger partial charge in [0, 0.05) is 32.8 Å². The number of nitrogens with zero attached hydrogens (tertiary/aromatic N) is 3. The van der Waals surface area contributed by atoms with Crippen LogP contribution in [0, 0.1) is 5.92 Å². The van der Waals surface area contributed by atoms with Crippen molar-refractivity contribution in [3.05, 3.63) is 11.9 Å². The standard InChI is InChI=1S/C16H26N4O/c1-17-14-10-16(19-15(18-14)11-21-2)20-9-5-7-12-6-3-4-8-13(12)20/h10,12-13H,3-9,11H2,1-2H3,(H,17,18,19). The first-order chi connectivity index (χ1) is 10.3. The van der Waals surface area contributed by atoms with Gasteiger partial charge >= 0.3 is 0 Å². The zero-order chi connectivity index (χ0) is 14.7. The third-order valence-corrected chi connectivity index (χ3v) is 4.83. The maximum atomic E-state index is 5.21. The van der Waals surface area contributed by atoms with E-state index in [-0.39, 0.29) is 0 Å². The molecule has 1 aromatic heterocycles. The molecule has 1 aromatic rings. The SMILES string of the molecule is CNc1cc(N2CCCC3CCCCC32)nc(COC)n1. The van der Waals surface area contributed by atoms with E-state index in [1.807, 2.05) is 7.05 Å². The van der Waals surface area contributed by atoms with E-state index in [9.17, 15) is 0 Å². The average molecular weight is 290 g/mol. The van der Waals surface area contributed by atoms with Crippen molar-refractivity contribution >= 4 is 11.6 Å². The first-order valence-corrected chi connectivity index (χ1v) is 8.13. The summed E-state index contributed by atoms with van der Waals surface area (Å²) in [6.45, 7) is 1.58. The van der Waals surface area contributed by atoms with Crippen molar-refractivity contribution in [1.29, 1.82) is 0 Å². The van der Waals surface area contributed by atoms with Crippen LogP contribution in [0.2, 0.25) is 0 Å². The van der Waals surface area contributed by atoms with Crippen LogP contribution in [0.5, 0.6) is 0 Å². The Balaban J connectivity index is 1.88. The molecular formula is C16H26N4O. The lowest BCUT2D eigenvalue weighted by atomic mass is 9.78. The largest absolute Gasteiger partial charge is 0.377 e. The first kappa shape index (κ1) is 14.6. The minimum atomic E-state index is 0.463. The van der Waals surface area contributed by atoms with Gasteiger partial charge in [-0.15, -0.1) is 0 Å². The number of anilines is 2. The molecule has 1 saturated heterocycles. The predicted molar refractivity (Wildman–Crippen MR) is 84.6 cm³/mol. The number of fused-ring (bicyclic) bond motifs is 1. The Bertz CT molecular complexity index is 477. The lowest BCUT2D eigenvalue weighted by Crippen LogP contribution is -2.47. The van der Waals surface area contributed by atoms with E-state index < -0.39 is 0 Å². The number of methoxy groups -OCH3 is 1. The summed E-state index contributed by atoms with van der Waals surface area (Å²) in [5, 5.41) is 3.14. The van der Waals surface area contributed by atoms with Crippen molar-refractivity contribution in [2.45, 2.75) is 51.2 Å². The number of aromatic nitrogens is 2. The van der Waals surface area contributed by atoms with Crippen LogP contribution in [-0.2, 0) is 11.3 Å². The van der Waals surface area contributed by atoms with E-state index in [0.29, 0.717) is 12.6 Å². The molecule has 0 radical (unpaired) electrons. The Kier molecular flexibility index (Phi) is 4.58. The maximum absolute atomic E-state index is 5.21. The number of hydrogen-bond acceptors (Lipinski definition) is 5. The smallest absolute Gasteiger partial charge is 0.158 e. The zero-order valence-electron chi connectivity index (χ0n) is 13.1. The number of hydrogen-bond donors (Lipinski definition) is 1. The Hall–Kier alpha value is -1.36. The van der Waals surface area contributed by atoms with Crippen LogP contribution >= 0.6 is 0 Å². The van der Waals surface area contributed by atoms with Crippen molar-refractivity contribution < 1.29 is 4.74 Å². The highest BCUT2D eigenvalue weighted by atomic mass is 16.5. The molecule has 0 aromatic carbocycles. The molecular weight excluding hydrogens is 264 g/mol. The Morgan fingerprint density at radius 1 is 1.24 bits per heavy atom. The van der Waals surface area contributed by atoms with Crippen LogP contribution in [0.1, 0.15) is 44.3 Å². The lowest BCUT2D eigenvalue weighted by Gasteiger charge is -2.44. The summed E-state index contributed by atoms with van der Waals surface area (Å²) in [6, 6.07) is 2.75. The number of nitrogens with one attached hydrogen (secondary N) is 1. The summed E-state index contributed by atoms with van der Waals surface area (Å²) in [7, 11) is 3.59. The van der Waals surface area contributed by atoms with Crippen LogP contribution in [-0.4, -0.2) is 36.7 Å². The second-order valence-corrected chi connectivity index (χ2v) is 6.16. The van der Waals surface area contributed by atoms with E-state index >= 15 is 0 Å². The molecule has 21 heavy (non-hydrogen) atoms. The van der Waals surface area contributed by atoms with Gasteiger partial charge in [-0.05, 0) is 31.6 Å². The molecule has 0 amide bonds. The molecule has 2 fully saturated rings. The summed E-state index contributed by atoms with van der Waals surface area (Å²) >= 11 is 0. The Morgan fingerprint density at radius 2 is 2.05 bits per heavy atom. The van der Waals surface area contributed by atoms with E-state index in [2.05, 4.69) is 21.3 Å². The molecule has 2 unspecified atom stereocenters. The highest BCUT2D eigenvalue weighted by molar-refractivity contribution is 5.50. The van der Waals surface area contributed by atoms with Crippen molar-refractivity contribution in [3.8, 4) is 0 Å². The number of ether oxygens (including phenoxy) is 1. The van der Waals surface area contributed by atoms with Crippen molar-refractivity contribution in [2.75, 3.05) is 30.9 Å². The van der Waals surface area contributed by atoms with Crippen molar-refractivity contribution in [2.24, 2.45) is 5.92 Å². The highest BCUT2D eigenvalue weighted by Gasteiger charge is 2.34. The molecule has 1 aliphatic carbocycles. The Morgan fingerprint density at radius 3 is 2.86 bits per heavy atom. The third-order valence-electron chi connectivity index (χ3n) is 4.83. The summed E-state index contributed by atoms with van der Waals surface area (Å²) in [5.41, 5.74) is 0. The fraction of sp³-hybridized carbons (Fsp3) is 0.750. The zero-order valence-corrected chi connectivity index (χ0v) is 13.1. The average Bonchev–Trinajstić information content (AvgIpc) is 2.54. The normalized spacial score (nSPS) is 25.5. The second-order valence-electron chi connectivity index (χ2n) is 6.16. The monoisotopic (exact) mass is 290 g/mol. The van der Waals surface area contributed by atoms with Crippen LogP contribution in [0.4, 0.5) is 11.6 Å². The molecule has 1 saturated carbocycles. The van der Waals surface area contributed by atoms with E-state index in [4.69, 9.17) is 9.72 Å². The van der Waals surface area contributed by atoms with Gasteiger partial charge in [0.2, 0.25) is 0 Å².